The molecule has 0 heterocycles. The third-order valence-electron chi connectivity index (χ3n) is 1.92. The molecule has 68 valence electrons. The minimum absolute atomic E-state index is 0.142. The van der Waals surface area contributed by atoms with Gasteiger partial charge in [-0.2, -0.15) is 0 Å². The van der Waals surface area contributed by atoms with Crippen LogP contribution >= 0.6 is 0 Å². The normalized spacial score (nSPS) is 15.0. The lowest BCUT2D eigenvalue weighted by atomic mass is 9.94. The first-order valence-corrected chi connectivity index (χ1v) is 3.92. The van der Waals surface area contributed by atoms with E-state index in [1.807, 2.05) is 13.8 Å². The molecule has 1 unspecified atom stereocenters. The number of hydrogen-bond acceptors (Lipinski definition) is 3. The first-order valence-electron chi connectivity index (χ1n) is 3.92. The number of hydrogen-bond donors (Lipinski definition) is 2. The summed E-state index contributed by atoms with van der Waals surface area (Å²) in [5.74, 6) is 0.157. The molecule has 11 heavy (non-hydrogen) atoms. The van der Waals surface area contributed by atoms with Gasteiger partial charge in [0.25, 0.3) is 0 Å². The van der Waals surface area contributed by atoms with E-state index < -0.39 is 0 Å². The van der Waals surface area contributed by atoms with Gasteiger partial charge in [-0.05, 0) is 32.7 Å². The van der Waals surface area contributed by atoms with E-state index >= 15 is 0 Å². The summed E-state index contributed by atoms with van der Waals surface area (Å²) >= 11 is 0. The summed E-state index contributed by atoms with van der Waals surface area (Å²) in [6.45, 7) is 4.64. The summed E-state index contributed by atoms with van der Waals surface area (Å²) < 4.78 is 5.21. The zero-order chi connectivity index (χ0) is 8.91. The molecule has 3 nitrogen and oxygen atoms in total. The lowest BCUT2D eigenvalue weighted by molar-refractivity contribution is -0.00392. The van der Waals surface area contributed by atoms with E-state index in [1.165, 1.54) is 0 Å². The minimum atomic E-state index is -0.174. The number of rotatable bonds is 5. The smallest absolute Gasteiger partial charge is 0.0626 e. The molecule has 0 aliphatic heterocycles. The maximum Gasteiger partial charge on any atom is 0.0626 e. The fourth-order valence-electron chi connectivity index (χ4n) is 1.00. The summed E-state index contributed by atoms with van der Waals surface area (Å²) in [5.41, 5.74) is 5.26. The van der Waals surface area contributed by atoms with Gasteiger partial charge in [-0.15, -0.1) is 0 Å². The van der Waals surface area contributed by atoms with Crippen LogP contribution in [0, 0.1) is 5.92 Å². The van der Waals surface area contributed by atoms with Crippen molar-refractivity contribution in [2.45, 2.75) is 25.9 Å². The Morgan fingerprint density at radius 1 is 1.55 bits per heavy atom. The Morgan fingerprint density at radius 2 is 2.09 bits per heavy atom. The largest absolute Gasteiger partial charge is 0.396 e. The average Bonchev–Trinajstić information content (AvgIpc) is 2.00. The standard InChI is InChI=1S/C8H19NO2/c1-8(2,11-3)4-7(5-9)6-10/h7,10H,4-6,9H2,1-3H3. The molecule has 3 N–H and O–H groups in total. The molecule has 0 fully saturated rings. The van der Waals surface area contributed by atoms with E-state index in [0.717, 1.165) is 6.42 Å². The molecule has 0 radical (unpaired) electrons. The van der Waals surface area contributed by atoms with Crippen molar-refractivity contribution in [1.82, 2.24) is 0 Å². The fourth-order valence-corrected chi connectivity index (χ4v) is 1.00. The monoisotopic (exact) mass is 161 g/mol. The van der Waals surface area contributed by atoms with Gasteiger partial charge in [-0.25, -0.2) is 0 Å². The highest BCUT2D eigenvalue weighted by atomic mass is 16.5. The first-order chi connectivity index (χ1) is 5.05. The maximum atomic E-state index is 8.85. The van der Waals surface area contributed by atoms with Gasteiger partial charge in [0, 0.05) is 13.7 Å². The van der Waals surface area contributed by atoms with Gasteiger partial charge in [0.15, 0.2) is 0 Å². The summed E-state index contributed by atoms with van der Waals surface area (Å²) in [7, 11) is 1.67. The van der Waals surface area contributed by atoms with Crippen LogP contribution in [0.15, 0.2) is 0 Å². The highest BCUT2D eigenvalue weighted by Crippen LogP contribution is 2.18. The number of nitrogens with two attached hydrogens (primary N) is 1. The Hall–Kier alpha value is -0.120. The van der Waals surface area contributed by atoms with E-state index in [0.29, 0.717) is 6.54 Å². The molecular weight excluding hydrogens is 142 g/mol. The van der Waals surface area contributed by atoms with E-state index in [9.17, 15) is 0 Å². The van der Waals surface area contributed by atoms with Crippen molar-refractivity contribution in [2.75, 3.05) is 20.3 Å². The molecule has 3 heteroatoms. The zero-order valence-corrected chi connectivity index (χ0v) is 7.63. The van der Waals surface area contributed by atoms with Crippen molar-refractivity contribution in [3.05, 3.63) is 0 Å². The zero-order valence-electron chi connectivity index (χ0n) is 7.63. The molecular formula is C8H19NO2. The van der Waals surface area contributed by atoms with Gasteiger partial charge in [-0.3, -0.25) is 0 Å². The molecule has 0 aliphatic rings. The molecule has 0 aromatic rings. The molecule has 0 aliphatic carbocycles. The molecule has 0 aromatic heterocycles. The Morgan fingerprint density at radius 3 is 2.36 bits per heavy atom. The van der Waals surface area contributed by atoms with E-state index in [2.05, 4.69) is 0 Å². The summed E-state index contributed by atoms with van der Waals surface area (Å²) in [6, 6.07) is 0. The Labute approximate surface area is 68.5 Å². The van der Waals surface area contributed by atoms with Crippen LogP contribution in [0.25, 0.3) is 0 Å². The topological polar surface area (TPSA) is 55.5 Å². The van der Waals surface area contributed by atoms with Crippen molar-refractivity contribution in [2.24, 2.45) is 11.7 Å². The van der Waals surface area contributed by atoms with Crippen molar-refractivity contribution in [3.8, 4) is 0 Å². The van der Waals surface area contributed by atoms with Gasteiger partial charge >= 0.3 is 0 Å². The molecule has 0 aromatic carbocycles. The van der Waals surface area contributed by atoms with Gasteiger partial charge in [0.2, 0.25) is 0 Å². The Balaban J connectivity index is 3.79. The van der Waals surface area contributed by atoms with Gasteiger partial charge in [-0.1, -0.05) is 0 Å². The van der Waals surface area contributed by atoms with Crippen LogP contribution in [-0.2, 0) is 4.74 Å². The molecule has 0 saturated heterocycles. The van der Waals surface area contributed by atoms with Crippen molar-refractivity contribution >= 4 is 0 Å². The van der Waals surface area contributed by atoms with Crippen LogP contribution in [0.3, 0.4) is 0 Å². The maximum absolute atomic E-state index is 8.85. The molecule has 1 atom stereocenters. The number of aliphatic hydroxyl groups excluding tert-OH is 1. The van der Waals surface area contributed by atoms with Gasteiger partial charge < -0.3 is 15.6 Å². The minimum Gasteiger partial charge on any atom is -0.396 e. The second-order valence-electron chi connectivity index (χ2n) is 3.45. The van der Waals surface area contributed by atoms with E-state index in [1.54, 1.807) is 7.11 Å². The van der Waals surface area contributed by atoms with Crippen LogP contribution in [0.4, 0.5) is 0 Å². The Bertz CT molecular complexity index is 100. The van der Waals surface area contributed by atoms with Crippen molar-refractivity contribution in [3.63, 3.8) is 0 Å². The van der Waals surface area contributed by atoms with Crippen LogP contribution in [0.2, 0.25) is 0 Å². The van der Waals surface area contributed by atoms with Gasteiger partial charge in [0.1, 0.15) is 0 Å². The SMILES string of the molecule is COC(C)(C)CC(CN)CO. The highest BCUT2D eigenvalue weighted by molar-refractivity contribution is 4.73. The summed E-state index contributed by atoms with van der Waals surface area (Å²) in [6.07, 6.45) is 0.802. The number of aliphatic hydroxyl groups is 1. The highest BCUT2D eigenvalue weighted by Gasteiger charge is 2.21. The first kappa shape index (κ1) is 10.9. The van der Waals surface area contributed by atoms with Crippen molar-refractivity contribution in [1.29, 1.82) is 0 Å². The van der Waals surface area contributed by atoms with Gasteiger partial charge in [0.05, 0.1) is 5.60 Å². The van der Waals surface area contributed by atoms with Crippen LogP contribution < -0.4 is 5.73 Å². The molecule has 0 bridgehead atoms. The molecule has 0 amide bonds. The molecule has 0 saturated carbocycles. The second-order valence-corrected chi connectivity index (χ2v) is 3.45. The second kappa shape index (κ2) is 4.70. The third kappa shape index (κ3) is 4.35. The summed E-state index contributed by atoms with van der Waals surface area (Å²) in [5, 5.41) is 8.85. The van der Waals surface area contributed by atoms with Crippen molar-refractivity contribution < 1.29 is 9.84 Å². The number of ether oxygens (including phenoxy) is 1. The van der Waals surface area contributed by atoms with E-state index in [-0.39, 0.29) is 18.1 Å². The van der Waals surface area contributed by atoms with Crippen LogP contribution in [-0.4, -0.2) is 31.0 Å². The fraction of sp³-hybridized carbons (Fsp3) is 1.00. The Kier molecular flexibility index (Phi) is 4.65. The predicted molar refractivity (Wildman–Crippen MR) is 45.3 cm³/mol. The third-order valence-corrected chi connectivity index (χ3v) is 1.92. The predicted octanol–water partition coefficient (Wildman–Crippen LogP) is 0.369. The summed E-state index contributed by atoms with van der Waals surface area (Å²) in [4.78, 5) is 0. The average molecular weight is 161 g/mol. The van der Waals surface area contributed by atoms with Crippen LogP contribution in [0.5, 0.6) is 0 Å². The quantitative estimate of drug-likeness (QED) is 0.612. The van der Waals surface area contributed by atoms with Crippen LogP contribution in [0.1, 0.15) is 20.3 Å². The van der Waals surface area contributed by atoms with E-state index in [4.69, 9.17) is 15.6 Å². The lowest BCUT2D eigenvalue weighted by Gasteiger charge is -2.26. The number of methoxy groups -OCH3 is 1. The lowest BCUT2D eigenvalue weighted by Crippen LogP contribution is -2.31. The molecule has 0 rings (SSSR count). The molecule has 0 spiro atoms.